The van der Waals surface area contributed by atoms with E-state index in [1.165, 1.54) is 25.7 Å². The maximum Gasteiger partial charge on any atom is 0.160 e. The molecule has 2 aromatic heterocycles. The molecular formula is C14H17Cl2N3. The Hall–Kier alpha value is -0.800. The fraction of sp³-hybridized carbons (Fsp3) is 0.571. The minimum absolute atomic E-state index is 0.413. The van der Waals surface area contributed by atoms with Crippen molar-refractivity contribution in [3.05, 3.63) is 23.1 Å². The number of nitrogens with zero attached hydrogens (tertiary/aromatic N) is 3. The molecule has 0 radical (unpaired) electrons. The third kappa shape index (κ3) is 2.46. The van der Waals surface area contributed by atoms with E-state index in [0.717, 1.165) is 23.5 Å². The molecule has 0 unspecified atom stereocenters. The highest BCUT2D eigenvalue weighted by atomic mass is 35.5. The van der Waals surface area contributed by atoms with Crippen molar-refractivity contribution in [2.24, 2.45) is 5.41 Å². The van der Waals surface area contributed by atoms with Crippen LogP contribution in [0.15, 0.2) is 12.3 Å². The van der Waals surface area contributed by atoms with Crippen LogP contribution in [0.3, 0.4) is 0 Å². The quantitative estimate of drug-likeness (QED) is 0.766. The molecule has 0 saturated heterocycles. The predicted octanol–water partition coefficient (Wildman–Crippen LogP) is 4.40. The first-order valence-corrected chi connectivity index (χ1v) is 7.65. The van der Waals surface area contributed by atoms with E-state index in [-0.39, 0.29) is 0 Å². The lowest BCUT2D eigenvalue weighted by atomic mass is 10.0. The maximum absolute atomic E-state index is 6.03. The van der Waals surface area contributed by atoms with Gasteiger partial charge < -0.3 is 4.57 Å². The van der Waals surface area contributed by atoms with Gasteiger partial charge in [0, 0.05) is 12.7 Å². The summed E-state index contributed by atoms with van der Waals surface area (Å²) < 4.78 is 2.18. The lowest BCUT2D eigenvalue weighted by Crippen LogP contribution is -2.14. The molecule has 3 rings (SSSR count). The minimum Gasteiger partial charge on any atom is -0.311 e. The molecule has 0 N–H and O–H groups in total. The van der Waals surface area contributed by atoms with Gasteiger partial charge in [-0.1, -0.05) is 24.9 Å². The van der Waals surface area contributed by atoms with Gasteiger partial charge in [-0.15, -0.1) is 11.6 Å². The molecule has 1 aliphatic carbocycles. The first kappa shape index (κ1) is 13.2. The number of imidazole rings is 1. The Morgan fingerprint density at radius 3 is 2.84 bits per heavy atom. The normalized spacial score (nSPS) is 17.0. The second-order valence-corrected chi connectivity index (χ2v) is 6.20. The molecule has 102 valence electrons. The average molecular weight is 298 g/mol. The number of hydrogen-bond acceptors (Lipinski definition) is 2. The van der Waals surface area contributed by atoms with Crippen molar-refractivity contribution in [1.82, 2.24) is 14.5 Å². The van der Waals surface area contributed by atoms with Crippen molar-refractivity contribution in [3.8, 4) is 0 Å². The molecule has 1 saturated carbocycles. The fourth-order valence-electron chi connectivity index (χ4n) is 2.83. The monoisotopic (exact) mass is 297 g/mol. The molecule has 0 amide bonds. The van der Waals surface area contributed by atoms with Crippen molar-refractivity contribution in [2.45, 2.75) is 45.0 Å². The van der Waals surface area contributed by atoms with E-state index in [2.05, 4.69) is 21.5 Å². The smallest absolute Gasteiger partial charge is 0.160 e. The molecule has 0 aromatic carbocycles. The average Bonchev–Trinajstić information content (AvgIpc) is 3.06. The number of rotatable bonds is 5. The predicted molar refractivity (Wildman–Crippen MR) is 78.7 cm³/mol. The summed E-state index contributed by atoms with van der Waals surface area (Å²) in [6.07, 6.45) is 6.77. The number of fused-ring (bicyclic) bond motifs is 1. The van der Waals surface area contributed by atoms with Crippen LogP contribution in [0.25, 0.3) is 11.2 Å². The zero-order valence-electron chi connectivity index (χ0n) is 11.0. The van der Waals surface area contributed by atoms with E-state index in [0.29, 0.717) is 16.3 Å². The van der Waals surface area contributed by atoms with Crippen molar-refractivity contribution >= 4 is 34.4 Å². The van der Waals surface area contributed by atoms with Gasteiger partial charge in [0.2, 0.25) is 0 Å². The van der Waals surface area contributed by atoms with Gasteiger partial charge in [0.15, 0.2) is 5.65 Å². The molecule has 0 atom stereocenters. The van der Waals surface area contributed by atoms with Crippen molar-refractivity contribution < 1.29 is 0 Å². The molecule has 0 aliphatic heterocycles. The van der Waals surface area contributed by atoms with E-state index < -0.39 is 0 Å². The summed E-state index contributed by atoms with van der Waals surface area (Å²) in [4.78, 5) is 8.98. The summed E-state index contributed by atoms with van der Waals surface area (Å²) in [5.41, 5.74) is 2.20. The molecule has 19 heavy (non-hydrogen) atoms. The summed E-state index contributed by atoms with van der Waals surface area (Å²) in [6, 6.07) is 1.86. The van der Waals surface area contributed by atoms with E-state index in [1.54, 1.807) is 6.20 Å². The number of hydrogen-bond donors (Lipinski definition) is 0. The van der Waals surface area contributed by atoms with E-state index in [1.807, 2.05) is 6.07 Å². The van der Waals surface area contributed by atoms with Crippen LogP contribution < -0.4 is 0 Å². The zero-order valence-corrected chi connectivity index (χ0v) is 12.5. The van der Waals surface area contributed by atoms with Gasteiger partial charge in [0.05, 0.1) is 10.9 Å². The lowest BCUT2D eigenvalue weighted by Gasteiger charge is -2.16. The van der Waals surface area contributed by atoms with Crippen LogP contribution in [0.1, 0.15) is 38.4 Å². The minimum atomic E-state index is 0.413. The Balaban J connectivity index is 2.01. The summed E-state index contributed by atoms with van der Waals surface area (Å²) in [5.74, 6) is 1.31. The number of aromatic nitrogens is 3. The van der Waals surface area contributed by atoms with Gasteiger partial charge in [-0.3, -0.25) is 0 Å². The Bertz CT molecular complexity index is 602. The van der Waals surface area contributed by atoms with Gasteiger partial charge in [0.25, 0.3) is 0 Å². The zero-order chi connectivity index (χ0) is 13.5. The SMILES string of the molecule is CCCC1(Cn2c(CCl)nc3cc(Cl)cnc32)CC1. The van der Waals surface area contributed by atoms with Crippen molar-refractivity contribution in [3.63, 3.8) is 0 Å². The van der Waals surface area contributed by atoms with Gasteiger partial charge in [-0.05, 0) is 30.7 Å². The summed E-state index contributed by atoms with van der Waals surface area (Å²) in [7, 11) is 0. The molecule has 1 fully saturated rings. The topological polar surface area (TPSA) is 30.7 Å². The van der Waals surface area contributed by atoms with Crippen molar-refractivity contribution in [1.29, 1.82) is 0 Å². The summed E-state index contributed by atoms with van der Waals surface area (Å²) in [5, 5.41) is 0.618. The second kappa shape index (κ2) is 4.95. The molecular weight excluding hydrogens is 281 g/mol. The number of halogens is 2. The number of alkyl halides is 1. The van der Waals surface area contributed by atoms with E-state index in [9.17, 15) is 0 Å². The molecule has 1 aliphatic rings. The fourth-order valence-corrected chi connectivity index (χ4v) is 3.19. The van der Waals surface area contributed by atoms with Gasteiger partial charge in [0.1, 0.15) is 11.3 Å². The first-order chi connectivity index (χ1) is 9.17. The van der Waals surface area contributed by atoms with E-state index >= 15 is 0 Å². The van der Waals surface area contributed by atoms with Crippen LogP contribution >= 0.6 is 23.2 Å². The molecule has 0 spiro atoms. The van der Waals surface area contributed by atoms with Gasteiger partial charge in [-0.2, -0.15) is 0 Å². The largest absolute Gasteiger partial charge is 0.311 e. The van der Waals surface area contributed by atoms with Crippen LogP contribution in [0.4, 0.5) is 0 Å². The van der Waals surface area contributed by atoms with Gasteiger partial charge in [-0.25, -0.2) is 9.97 Å². The Morgan fingerprint density at radius 2 is 2.21 bits per heavy atom. The standard InChI is InChI=1S/C14H17Cl2N3/c1-2-3-14(4-5-14)9-19-12(7-15)18-11-6-10(16)8-17-13(11)19/h6,8H,2-5,7,9H2,1H3. The van der Waals surface area contributed by atoms with Gasteiger partial charge >= 0.3 is 0 Å². The van der Waals surface area contributed by atoms with Crippen LogP contribution in [-0.2, 0) is 12.4 Å². The third-order valence-electron chi connectivity index (χ3n) is 3.98. The highest BCUT2D eigenvalue weighted by Crippen LogP contribution is 2.51. The highest BCUT2D eigenvalue weighted by Gasteiger charge is 2.42. The molecule has 5 heteroatoms. The number of pyridine rings is 1. The van der Waals surface area contributed by atoms with Crippen LogP contribution in [0.5, 0.6) is 0 Å². The van der Waals surface area contributed by atoms with Crippen molar-refractivity contribution in [2.75, 3.05) is 0 Å². The van der Waals surface area contributed by atoms with Crippen LogP contribution in [0, 0.1) is 5.41 Å². The lowest BCUT2D eigenvalue weighted by molar-refractivity contribution is 0.388. The molecule has 2 aromatic rings. The highest BCUT2D eigenvalue weighted by molar-refractivity contribution is 6.31. The molecule has 2 heterocycles. The Kier molecular flexibility index (Phi) is 3.44. The summed E-state index contributed by atoms with van der Waals surface area (Å²) in [6.45, 7) is 3.22. The summed E-state index contributed by atoms with van der Waals surface area (Å²) >= 11 is 12.0. The molecule has 0 bridgehead atoms. The maximum atomic E-state index is 6.03. The first-order valence-electron chi connectivity index (χ1n) is 6.74. The van der Waals surface area contributed by atoms with Crippen LogP contribution in [-0.4, -0.2) is 14.5 Å². The second-order valence-electron chi connectivity index (χ2n) is 5.49. The Labute approximate surface area is 122 Å². The third-order valence-corrected chi connectivity index (χ3v) is 4.43. The van der Waals surface area contributed by atoms with Crippen LogP contribution in [0.2, 0.25) is 5.02 Å². The Morgan fingerprint density at radius 1 is 1.42 bits per heavy atom. The van der Waals surface area contributed by atoms with E-state index in [4.69, 9.17) is 23.2 Å². The molecule has 3 nitrogen and oxygen atoms in total.